The zero-order valence-corrected chi connectivity index (χ0v) is 12.5. The number of halogens is 3. The van der Waals surface area contributed by atoms with E-state index in [1.807, 2.05) is 0 Å². The van der Waals surface area contributed by atoms with Crippen LogP contribution in [0.4, 0.5) is 13.2 Å². The monoisotopic (exact) mass is 326 g/mol. The number of amides is 1. The van der Waals surface area contributed by atoms with E-state index in [1.54, 1.807) is 4.90 Å². The van der Waals surface area contributed by atoms with Gasteiger partial charge in [-0.15, -0.1) is 0 Å². The van der Waals surface area contributed by atoms with Gasteiger partial charge in [-0.3, -0.25) is 9.89 Å². The van der Waals surface area contributed by atoms with Gasteiger partial charge in [-0.2, -0.15) is 23.5 Å². The van der Waals surface area contributed by atoms with Gasteiger partial charge < -0.3 is 4.90 Å². The number of hydrogen-bond acceptors (Lipinski definition) is 3. The maximum atomic E-state index is 12.6. The van der Waals surface area contributed by atoms with Crippen LogP contribution in [0.1, 0.15) is 49.4 Å². The molecule has 0 aromatic carbocycles. The van der Waals surface area contributed by atoms with Crippen molar-refractivity contribution in [1.82, 2.24) is 15.1 Å². The number of carbonyl (C=O) groups is 1. The first-order chi connectivity index (χ1) is 10.9. The molecule has 1 atom stereocenters. The Morgan fingerprint density at radius 1 is 1.43 bits per heavy atom. The largest absolute Gasteiger partial charge is 0.435 e. The van der Waals surface area contributed by atoms with E-state index in [0.717, 1.165) is 12.5 Å². The van der Waals surface area contributed by atoms with Crippen LogP contribution in [0, 0.1) is 16.7 Å². The second-order valence-electron chi connectivity index (χ2n) is 6.34. The van der Waals surface area contributed by atoms with Crippen LogP contribution in [0.5, 0.6) is 0 Å². The smallest absolute Gasteiger partial charge is 0.341 e. The third-order valence-corrected chi connectivity index (χ3v) is 4.87. The van der Waals surface area contributed by atoms with Gasteiger partial charge in [0.1, 0.15) is 5.41 Å². The molecule has 0 spiro atoms. The van der Waals surface area contributed by atoms with Crippen molar-refractivity contribution < 1.29 is 18.0 Å². The van der Waals surface area contributed by atoms with E-state index in [0.29, 0.717) is 44.5 Å². The van der Waals surface area contributed by atoms with E-state index in [-0.39, 0.29) is 11.8 Å². The van der Waals surface area contributed by atoms with Crippen LogP contribution < -0.4 is 0 Å². The molecule has 0 bridgehead atoms. The first-order valence-corrected chi connectivity index (χ1v) is 7.69. The molecule has 1 aliphatic carbocycles. The van der Waals surface area contributed by atoms with Gasteiger partial charge >= 0.3 is 6.18 Å². The van der Waals surface area contributed by atoms with E-state index < -0.39 is 17.3 Å². The van der Waals surface area contributed by atoms with Gasteiger partial charge in [-0.25, -0.2) is 0 Å². The van der Waals surface area contributed by atoms with Crippen LogP contribution in [-0.2, 0) is 11.0 Å². The molecule has 8 heteroatoms. The van der Waals surface area contributed by atoms with Crippen LogP contribution in [0.2, 0.25) is 0 Å². The maximum absolute atomic E-state index is 12.6. The molecule has 1 saturated heterocycles. The number of piperidine rings is 1. The Bertz CT molecular complexity index is 642. The Labute approximate surface area is 131 Å². The fourth-order valence-corrected chi connectivity index (χ4v) is 3.31. The fraction of sp³-hybridized carbons (Fsp3) is 0.667. The highest BCUT2D eigenvalue weighted by atomic mass is 19.4. The quantitative estimate of drug-likeness (QED) is 0.908. The third-order valence-electron chi connectivity index (χ3n) is 4.87. The van der Waals surface area contributed by atoms with Gasteiger partial charge in [0.05, 0.1) is 6.07 Å². The molecule has 124 valence electrons. The number of nitriles is 1. The number of aromatic amines is 1. The first-order valence-electron chi connectivity index (χ1n) is 7.69. The van der Waals surface area contributed by atoms with Crippen molar-refractivity contribution in [2.45, 2.75) is 44.2 Å². The highest BCUT2D eigenvalue weighted by Crippen LogP contribution is 2.43. The molecule has 0 unspecified atom stereocenters. The highest BCUT2D eigenvalue weighted by Gasteiger charge is 2.47. The number of nitrogens with one attached hydrogen (secondary N) is 1. The molecule has 1 saturated carbocycles. The summed E-state index contributed by atoms with van der Waals surface area (Å²) in [6.07, 6.45) is -1.06. The van der Waals surface area contributed by atoms with Crippen molar-refractivity contribution in [3.8, 4) is 6.07 Å². The van der Waals surface area contributed by atoms with Crippen LogP contribution in [-0.4, -0.2) is 34.1 Å². The summed E-state index contributed by atoms with van der Waals surface area (Å²) in [7, 11) is 0. The lowest BCUT2D eigenvalue weighted by Gasteiger charge is -2.41. The number of hydrogen-bond donors (Lipinski definition) is 1. The SMILES string of the molecule is N#CC1(C(=O)N2CCC[C@H](c3cc(C(F)(F)F)n[nH]3)C2)CCC1. The van der Waals surface area contributed by atoms with E-state index in [9.17, 15) is 23.2 Å². The fourth-order valence-electron chi connectivity index (χ4n) is 3.31. The first kappa shape index (κ1) is 15.8. The standard InChI is InChI=1S/C15H17F3N4O/c16-15(17,18)12-7-11(20-21-12)10-3-1-6-22(8-10)13(23)14(9-19)4-2-5-14/h7,10H,1-6,8H2,(H,20,21)/t10-/m0/s1. The summed E-state index contributed by atoms with van der Waals surface area (Å²) in [6, 6.07) is 3.15. The predicted molar refractivity (Wildman–Crippen MR) is 74.0 cm³/mol. The molecule has 0 radical (unpaired) electrons. The number of aromatic nitrogens is 2. The number of nitrogens with zero attached hydrogens (tertiary/aromatic N) is 3. The number of likely N-dealkylation sites (tertiary alicyclic amines) is 1. The van der Waals surface area contributed by atoms with Gasteiger partial charge in [0.15, 0.2) is 5.69 Å². The Morgan fingerprint density at radius 3 is 2.70 bits per heavy atom. The summed E-state index contributed by atoms with van der Waals surface area (Å²) in [5.41, 5.74) is -1.45. The highest BCUT2D eigenvalue weighted by molar-refractivity contribution is 5.86. The number of alkyl halides is 3. The minimum atomic E-state index is -4.48. The summed E-state index contributed by atoms with van der Waals surface area (Å²) in [6.45, 7) is 0.890. The molecule has 3 rings (SSSR count). The number of carbonyl (C=O) groups excluding carboxylic acids is 1. The molecule has 1 N–H and O–H groups in total. The third kappa shape index (κ3) is 2.80. The summed E-state index contributed by atoms with van der Waals surface area (Å²) in [5.74, 6) is -0.376. The minimum absolute atomic E-state index is 0.175. The van der Waals surface area contributed by atoms with E-state index in [1.165, 1.54) is 0 Å². The van der Waals surface area contributed by atoms with Gasteiger partial charge in [0.2, 0.25) is 5.91 Å². The van der Waals surface area contributed by atoms with Crippen LogP contribution in [0.15, 0.2) is 6.07 Å². The van der Waals surface area contributed by atoms with Crippen LogP contribution in [0.3, 0.4) is 0 Å². The van der Waals surface area contributed by atoms with Gasteiger partial charge in [0, 0.05) is 24.7 Å². The van der Waals surface area contributed by atoms with Crippen molar-refractivity contribution in [2.75, 3.05) is 13.1 Å². The Morgan fingerprint density at radius 2 is 2.17 bits per heavy atom. The summed E-state index contributed by atoms with van der Waals surface area (Å²) in [4.78, 5) is 14.2. The molecule has 2 fully saturated rings. The second-order valence-corrected chi connectivity index (χ2v) is 6.34. The Kier molecular flexibility index (Phi) is 3.82. The molecule has 1 aromatic heterocycles. The molecule has 5 nitrogen and oxygen atoms in total. The lowest BCUT2D eigenvalue weighted by Crippen LogP contribution is -2.50. The van der Waals surface area contributed by atoms with Crippen molar-refractivity contribution in [3.05, 3.63) is 17.5 Å². The van der Waals surface area contributed by atoms with Crippen molar-refractivity contribution >= 4 is 5.91 Å². The zero-order chi connectivity index (χ0) is 16.7. The topological polar surface area (TPSA) is 72.8 Å². The molecule has 2 aliphatic rings. The summed E-state index contributed by atoms with van der Waals surface area (Å²) >= 11 is 0. The average molecular weight is 326 g/mol. The number of rotatable bonds is 2. The lowest BCUT2D eigenvalue weighted by molar-refractivity contribution is -0.144. The summed E-state index contributed by atoms with van der Waals surface area (Å²) < 4.78 is 37.9. The van der Waals surface area contributed by atoms with Crippen molar-refractivity contribution in [1.29, 1.82) is 5.26 Å². The Balaban J connectivity index is 1.73. The number of H-pyrrole nitrogens is 1. The Hall–Kier alpha value is -2.04. The van der Waals surface area contributed by atoms with E-state index in [2.05, 4.69) is 16.3 Å². The second kappa shape index (κ2) is 5.55. The molecule has 1 amide bonds. The minimum Gasteiger partial charge on any atom is -0.341 e. The molecular formula is C15H17F3N4O. The molecule has 1 aliphatic heterocycles. The molecular weight excluding hydrogens is 309 g/mol. The van der Waals surface area contributed by atoms with Gasteiger partial charge in [0.25, 0.3) is 0 Å². The van der Waals surface area contributed by atoms with E-state index in [4.69, 9.17) is 0 Å². The normalized spacial score (nSPS) is 23.9. The maximum Gasteiger partial charge on any atom is 0.435 e. The lowest BCUT2D eigenvalue weighted by atomic mass is 9.68. The van der Waals surface area contributed by atoms with Gasteiger partial charge in [-0.05, 0) is 38.2 Å². The van der Waals surface area contributed by atoms with Crippen molar-refractivity contribution in [3.63, 3.8) is 0 Å². The van der Waals surface area contributed by atoms with E-state index >= 15 is 0 Å². The zero-order valence-electron chi connectivity index (χ0n) is 12.5. The summed E-state index contributed by atoms with van der Waals surface area (Å²) in [5, 5.41) is 15.0. The average Bonchev–Trinajstić information content (AvgIpc) is 2.97. The molecule has 1 aromatic rings. The van der Waals surface area contributed by atoms with Crippen LogP contribution >= 0.6 is 0 Å². The van der Waals surface area contributed by atoms with Crippen molar-refractivity contribution in [2.24, 2.45) is 5.41 Å². The van der Waals surface area contributed by atoms with Gasteiger partial charge in [-0.1, -0.05) is 0 Å². The predicted octanol–water partition coefficient (Wildman–Crippen LogP) is 2.83. The molecule has 23 heavy (non-hydrogen) atoms. The van der Waals surface area contributed by atoms with Crippen LogP contribution in [0.25, 0.3) is 0 Å². The molecule has 2 heterocycles.